The summed E-state index contributed by atoms with van der Waals surface area (Å²) in [6.45, 7) is 2.35. The first-order chi connectivity index (χ1) is 14.0. The maximum absolute atomic E-state index is 9.52. The number of oxime groups is 1. The average Bonchev–Trinajstić information content (AvgIpc) is 3.23. The van der Waals surface area contributed by atoms with E-state index in [1.165, 1.54) is 36.6 Å². The number of anilines is 1. The quantitative estimate of drug-likeness (QED) is 0.278. The number of nitrogens with two attached hydrogens (primary N) is 1. The van der Waals surface area contributed by atoms with Crippen LogP contribution in [-0.2, 0) is 29.1 Å². The van der Waals surface area contributed by atoms with Gasteiger partial charge in [0.2, 0.25) is 6.41 Å². The number of hydrogen-bond acceptors (Lipinski definition) is 6. The molecule has 0 aromatic heterocycles. The number of carbonyl (C=O) groups is 1. The molecule has 1 aliphatic rings. The fourth-order valence-electron chi connectivity index (χ4n) is 3.17. The second-order valence-electron chi connectivity index (χ2n) is 6.61. The molecule has 156 valence electrons. The van der Waals surface area contributed by atoms with Gasteiger partial charge in [0, 0.05) is 35.9 Å². The summed E-state index contributed by atoms with van der Waals surface area (Å²) in [5, 5.41) is 9.22. The second-order valence-corrected chi connectivity index (χ2v) is 7.02. The van der Waals surface area contributed by atoms with Gasteiger partial charge in [0.25, 0.3) is 0 Å². The molecule has 3 rings (SSSR count). The lowest BCUT2D eigenvalue weighted by molar-refractivity contribution is -0.119. The molecule has 0 heterocycles. The number of nitrogens with one attached hydrogen (secondary N) is 2. The molecule has 1 amide bonds. The van der Waals surface area contributed by atoms with E-state index in [1.54, 1.807) is 0 Å². The Kier molecular flexibility index (Phi) is 8.92. The average molecular weight is 418 g/mol. The van der Waals surface area contributed by atoms with E-state index in [4.69, 9.17) is 22.3 Å². The number of amides is 1. The number of nitrogens with zero attached hydrogens (tertiary/aromatic N) is 2. The molecule has 8 heteroatoms. The third-order valence-electron chi connectivity index (χ3n) is 4.70. The highest BCUT2D eigenvalue weighted by molar-refractivity contribution is 6.31. The number of aryl methyl sites for hydroxylation is 1. The predicted octanol–water partition coefficient (Wildman–Crippen LogP) is 3.26. The Labute approximate surface area is 176 Å². The molecule has 1 aliphatic carbocycles. The second kappa shape index (κ2) is 11.4. The van der Waals surface area contributed by atoms with Crippen molar-refractivity contribution >= 4 is 29.4 Å². The van der Waals surface area contributed by atoms with E-state index in [0.29, 0.717) is 18.0 Å². The van der Waals surface area contributed by atoms with E-state index in [1.807, 2.05) is 32.2 Å². The fraction of sp³-hybridized carbons (Fsp3) is 0.333. The van der Waals surface area contributed by atoms with E-state index in [2.05, 4.69) is 34.2 Å². The molecule has 0 aliphatic heterocycles. The molecule has 4 N–H and O–H groups in total. The Morgan fingerprint density at radius 3 is 2.72 bits per heavy atom. The van der Waals surface area contributed by atoms with Crippen LogP contribution in [0.15, 0.2) is 41.6 Å². The summed E-state index contributed by atoms with van der Waals surface area (Å²) < 4.78 is 0. The van der Waals surface area contributed by atoms with Crippen molar-refractivity contribution in [3.63, 3.8) is 0 Å². The van der Waals surface area contributed by atoms with Crippen molar-refractivity contribution in [2.24, 2.45) is 11.0 Å². The number of hydrogen-bond donors (Lipinski definition) is 3. The van der Waals surface area contributed by atoms with Gasteiger partial charge >= 0.3 is 0 Å². The normalized spacial score (nSPS) is 12.5. The smallest absolute Gasteiger partial charge is 0.224 e. The topological polar surface area (TPSA) is 92.0 Å². The molecule has 29 heavy (non-hydrogen) atoms. The van der Waals surface area contributed by atoms with Crippen molar-refractivity contribution in [2.45, 2.75) is 32.8 Å². The zero-order valence-electron chi connectivity index (χ0n) is 17.0. The number of rotatable bonds is 7. The number of hydrazine groups is 2. The van der Waals surface area contributed by atoms with Crippen molar-refractivity contribution in [2.75, 3.05) is 19.4 Å². The molecule has 0 unspecified atom stereocenters. The van der Waals surface area contributed by atoms with Gasteiger partial charge < -0.3 is 10.2 Å². The Balaban J connectivity index is 0.000000438. The van der Waals surface area contributed by atoms with Crippen LogP contribution >= 0.6 is 11.6 Å². The van der Waals surface area contributed by atoms with E-state index in [-0.39, 0.29) is 0 Å². The Morgan fingerprint density at radius 2 is 2.07 bits per heavy atom. The molecule has 0 radical (unpaired) electrons. The number of benzene rings is 2. The zero-order valence-corrected chi connectivity index (χ0v) is 17.8. The molecular weight excluding hydrogens is 390 g/mol. The van der Waals surface area contributed by atoms with Gasteiger partial charge in [0.05, 0.1) is 5.71 Å². The van der Waals surface area contributed by atoms with Crippen molar-refractivity contribution in [1.29, 1.82) is 0 Å². The largest absolute Gasteiger partial charge is 0.391 e. The van der Waals surface area contributed by atoms with E-state index >= 15 is 0 Å². The monoisotopic (exact) mass is 417 g/mol. The Hall–Kier alpha value is -2.61. The third kappa shape index (κ3) is 6.19. The standard InChI is InChI=1S/C19H21ClN2O.C2H7N3O/c1-13(15-8-3-6-14-7-4-9-16(14)15)22-23-12-17-18(20)10-5-11-19(17)21-2;1-5(2-6)4-3/h3,5-6,8,10-11,21H,4,7,9,12H2,1-2H3;2,4H,3H2,1H3. The highest BCUT2D eigenvalue weighted by Crippen LogP contribution is 2.27. The first-order valence-electron chi connectivity index (χ1n) is 9.39. The van der Waals surface area contributed by atoms with Gasteiger partial charge in [-0.1, -0.05) is 41.0 Å². The van der Waals surface area contributed by atoms with Crippen LogP contribution in [0.2, 0.25) is 5.02 Å². The fourth-order valence-corrected chi connectivity index (χ4v) is 3.40. The molecule has 0 atom stereocenters. The number of fused-ring (bicyclic) bond motifs is 1. The van der Waals surface area contributed by atoms with Crippen LogP contribution in [0, 0.1) is 0 Å². The SMILES string of the molecule is CN(C=O)NN.CNc1cccc(Cl)c1CON=C(C)c1cccc2c1CCC2. The lowest BCUT2D eigenvalue weighted by atomic mass is 10.0. The first kappa shape index (κ1) is 22.7. The van der Waals surface area contributed by atoms with Crippen LogP contribution < -0.4 is 16.7 Å². The Morgan fingerprint density at radius 1 is 1.31 bits per heavy atom. The number of halogens is 1. The van der Waals surface area contributed by atoms with Crippen LogP contribution in [0.25, 0.3) is 0 Å². The van der Waals surface area contributed by atoms with E-state index in [0.717, 1.165) is 28.4 Å². The van der Waals surface area contributed by atoms with Crippen LogP contribution in [0.3, 0.4) is 0 Å². The molecule has 0 saturated heterocycles. The summed E-state index contributed by atoms with van der Waals surface area (Å²) in [7, 11) is 3.38. The third-order valence-corrected chi connectivity index (χ3v) is 5.05. The molecule has 2 aromatic carbocycles. The maximum Gasteiger partial charge on any atom is 0.224 e. The molecule has 0 fully saturated rings. The highest BCUT2D eigenvalue weighted by atomic mass is 35.5. The van der Waals surface area contributed by atoms with Gasteiger partial charge in [-0.2, -0.15) is 5.53 Å². The predicted molar refractivity (Wildman–Crippen MR) is 118 cm³/mol. The van der Waals surface area contributed by atoms with Crippen LogP contribution in [0.4, 0.5) is 5.69 Å². The lowest BCUT2D eigenvalue weighted by Gasteiger charge is -2.11. The summed E-state index contributed by atoms with van der Waals surface area (Å²) in [6.07, 6.45) is 4.10. The van der Waals surface area contributed by atoms with Gasteiger partial charge in [-0.15, -0.1) is 0 Å². The van der Waals surface area contributed by atoms with Crippen LogP contribution in [0.1, 0.15) is 35.6 Å². The van der Waals surface area contributed by atoms with Gasteiger partial charge in [0.1, 0.15) is 6.61 Å². The van der Waals surface area contributed by atoms with Crippen LogP contribution in [-0.4, -0.2) is 31.2 Å². The summed E-state index contributed by atoms with van der Waals surface area (Å²) in [6, 6.07) is 12.2. The molecule has 0 bridgehead atoms. The van der Waals surface area contributed by atoms with E-state index < -0.39 is 0 Å². The van der Waals surface area contributed by atoms with Crippen molar-refractivity contribution < 1.29 is 9.63 Å². The first-order valence-corrected chi connectivity index (χ1v) is 9.76. The molecule has 0 spiro atoms. The van der Waals surface area contributed by atoms with Crippen molar-refractivity contribution in [3.8, 4) is 0 Å². The van der Waals surface area contributed by atoms with E-state index in [9.17, 15) is 4.79 Å². The maximum atomic E-state index is 9.52. The summed E-state index contributed by atoms with van der Waals surface area (Å²) in [5.74, 6) is 4.73. The van der Waals surface area contributed by atoms with Gasteiger partial charge in [-0.3, -0.25) is 15.6 Å². The van der Waals surface area contributed by atoms with Gasteiger partial charge in [-0.05, 0) is 49.4 Å². The Bertz CT molecular complexity index is 857. The van der Waals surface area contributed by atoms with Gasteiger partial charge in [0.15, 0.2) is 0 Å². The summed E-state index contributed by atoms with van der Waals surface area (Å²) >= 11 is 6.25. The minimum absolute atomic E-state index is 0.349. The summed E-state index contributed by atoms with van der Waals surface area (Å²) in [4.78, 5) is 15.1. The van der Waals surface area contributed by atoms with Crippen LogP contribution in [0.5, 0.6) is 0 Å². The van der Waals surface area contributed by atoms with Crippen molar-refractivity contribution in [1.82, 2.24) is 10.5 Å². The van der Waals surface area contributed by atoms with Gasteiger partial charge in [-0.25, -0.2) is 0 Å². The molecular formula is C21H28ClN5O2. The minimum atomic E-state index is 0.349. The van der Waals surface area contributed by atoms with Crippen molar-refractivity contribution in [3.05, 3.63) is 63.7 Å². The molecule has 2 aromatic rings. The lowest BCUT2D eigenvalue weighted by Crippen LogP contribution is -2.38. The summed E-state index contributed by atoms with van der Waals surface area (Å²) in [5.41, 5.74) is 8.95. The highest BCUT2D eigenvalue weighted by Gasteiger charge is 2.16. The number of carbonyl (C=O) groups excluding carboxylic acids is 1. The molecule has 0 saturated carbocycles. The molecule has 7 nitrogen and oxygen atoms in total. The minimum Gasteiger partial charge on any atom is -0.391 e. The zero-order chi connectivity index (χ0) is 21.2.